The molecule has 4 aromatic carbocycles. The van der Waals surface area contributed by atoms with E-state index < -0.39 is 0 Å². The van der Waals surface area contributed by atoms with E-state index in [0.29, 0.717) is 40.9 Å². The lowest BCUT2D eigenvalue weighted by Gasteiger charge is -2.18. The Kier molecular flexibility index (Phi) is 6.78. The van der Waals surface area contributed by atoms with Crippen LogP contribution < -0.4 is 28.4 Å². The van der Waals surface area contributed by atoms with Crippen LogP contribution in [0.3, 0.4) is 0 Å². The molecule has 0 spiro atoms. The Labute approximate surface area is 204 Å². The van der Waals surface area contributed by atoms with Crippen LogP contribution in [0.4, 0.5) is 0 Å². The summed E-state index contributed by atoms with van der Waals surface area (Å²) in [5.41, 5.74) is 0. The van der Waals surface area contributed by atoms with Gasteiger partial charge in [0.25, 0.3) is 0 Å². The average molecular weight is 479 g/mol. The predicted molar refractivity (Wildman–Crippen MR) is 137 cm³/mol. The molecule has 0 bridgehead atoms. The summed E-state index contributed by atoms with van der Waals surface area (Å²) >= 11 is 0. The summed E-state index contributed by atoms with van der Waals surface area (Å²) in [6, 6.07) is 11.5. The Bertz CT molecular complexity index is 1380. The van der Waals surface area contributed by atoms with Crippen LogP contribution >= 0.6 is 0 Å². The van der Waals surface area contributed by atoms with Crippen molar-refractivity contribution in [1.29, 1.82) is 0 Å². The zero-order valence-electron chi connectivity index (χ0n) is 21.1. The van der Waals surface area contributed by atoms with E-state index in [9.17, 15) is 4.79 Å². The first-order chi connectivity index (χ1) is 16.9. The van der Waals surface area contributed by atoms with E-state index in [0.717, 1.165) is 32.3 Å². The molecule has 184 valence electrons. The van der Waals surface area contributed by atoms with Crippen LogP contribution in [0.1, 0.15) is 20.3 Å². The third-order valence-electron chi connectivity index (χ3n) is 6.45. The summed E-state index contributed by atoms with van der Waals surface area (Å²) in [4.78, 5) is 12.6. The summed E-state index contributed by atoms with van der Waals surface area (Å²) in [6.45, 7) is 3.79. The predicted octanol–water partition coefficient (Wildman–Crippen LogP) is 6.14. The van der Waals surface area contributed by atoms with Crippen LogP contribution in [-0.2, 0) is 4.79 Å². The molecular formula is C28H30O7. The number of carbonyl (C=O) groups is 1. The zero-order chi connectivity index (χ0) is 25.3. The van der Waals surface area contributed by atoms with Gasteiger partial charge in [-0.1, -0.05) is 13.8 Å². The maximum atomic E-state index is 12.6. The largest absolute Gasteiger partial charge is 0.493 e. The Morgan fingerprint density at radius 1 is 0.571 bits per heavy atom. The number of fused-ring (bicyclic) bond motifs is 6. The molecule has 0 aliphatic carbocycles. The number of hydrogen-bond acceptors (Lipinski definition) is 7. The van der Waals surface area contributed by atoms with Crippen LogP contribution in [0.15, 0.2) is 36.4 Å². The van der Waals surface area contributed by atoms with Gasteiger partial charge in [0.1, 0.15) is 0 Å². The highest BCUT2D eigenvalue weighted by molar-refractivity contribution is 6.26. The number of benzene rings is 4. The molecule has 7 heteroatoms. The Morgan fingerprint density at radius 3 is 1.09 bits per heavy atom. The van der Waals surface area contributed by atoms with E-state index in [-0.39, 0.29) is 11.9 Å². The van der Waals surface area contributed by atoms with Gasteiger partial charge in [-0.05, 0) is 75.1 Å². The number of hydrogen-bond donors (Lipinski definition) is 0. The maximum absolute atomic E-state index is 12.6. The standard InChI is InChI=1S/C28H30O7/c1-8-15(2)28(29)35-27-14-21-19-12-25(33-6)23(31-4)10-17(19)16-9-22(30-3)24(32-5)11-18(16)20(21)13-26(27)34-7/h9-15H,8H2,1-7H3. The third kappa shape index (κ3) is 4.11. The van der Waals surface area contributed by atoms with Gasteiger partial charge >= 0.3 is 5.97 Å². The topological polar surface area (TPSA) is 72.5 Å². The highest BCUT2D eigenvalue weighted by Crippen LogP contribution is 2.46. The van der Waals surface area contributed by atoms with Crippen LogP contribution in [0.25, 0.3) is 32.3 Å². The van der Waals surface area contributed by atoms with Gasteiger partial charge < -0.3 is 28.4 Å². The van der Waals surface area contributed by atoms with Gasteiger partial charge in [0.2, 0.25) is 0 Å². The monoisotopic (exact) mass is 478 g/mol. The molecule has 0 fully saturated rings. The van der Waals surface area contributed by atoms with Gasteiger partial charge in [0.05, 0.1) is 41.5 Å². The molecule has 0 heterocycles. The van der Waals surface area contributed by atoms with Crippen molar-refractivity contribution in [2.75, 3.05) is 35.5 Å². The second kappa shape index (κ2) is 9.78. The molecule has 35 heavy (non-hydrogen) atoms. The normalized spacial score (nSPS) is 12.0. The van der Waals surface area contributed by atoms with E-state index in [4.69, 9.17) is 28.4 Å². The second-order valence-electron chi connectivity index (χ2n) is 8.28. The van der Waals surface area contributed by atoms with Crippen molar-refractivity contribution in [3.8, 4) is 34.5 Å². The first-order valence-corrected chi connectivity index (χ1v) is 11.4. The number of carbonyl (C=O) groups excluding carboxylic acids is 1. The van der Waals surface area contributed by atoms with Crippen molar-refractivity contribution in [3.63, 3.8) is 0 Å². The lowest BCUT2D eigenvalue weighted by molar-refractivity contribution is -0.138. The highest BCUT2D eigenvalue weighted by Gasteiger charge is 2.21. The van der Waals surface area contributed by atoms with E-state index in [1.165, 1.54) is 0 Å². The number of methoxy groups -OCH3 is 5. The van der Waals surface area contributed by atoms with E-state index in [1.54, 1.807) is 35.5 Å². The Balaban J connectivity index is 2.16. The van der Waals surface area contributed by atoms with Crippen molar-refractivity contribution in [3.05, 3.63) is 36.4 Å². The van der Waals surface area contributed by atoms with Crippen LogP contribution in [0.5, 0.6) is 34.5 Å². The maximum Gasteiger partial charge on any atom is 0.314 e. The summed E-state index contributed by atoms with van der Waals surface area (Å²) in [5, 5.41) is 5.47. The van der Waals surface area contributed by atoms with E-state index in [1.807, 2.05) is 50.2 Å². The molecule has 0 saturated heterocycles. The fraction of sp³-hybridized carbons (Fsp3) is 0.321. The molecule has 1 atom stereocenters. The minimum Gasteiger partial charge on any atom is -0.493 e. The summed E-state index contributed by atoms with van der Waals surface area (Å²) in [5.74, 6) is 2.70. The molecule has 1 unspecified atom stereocenters. The molecule has 0 N–H and O–H groups in total. The molecule has 0 aliphatic rings. The van der Waals surface area contributed by atoms with Gasteiger partial charge in [0, 0.05) is 0 Å². The van der Waals surface area contributed by atoms with E-state index in [2.05, 4.69) is 0 Å². The van der Waals surface area contributed by atoms with Crippen LogP contribution in [0.2, 0.25) is 0 Å². The minimum absolute atomic E-state index is 0.232. The van der Waals surface area contributed by atoms with Gasteiger partial charge in [-0.15, -0.1) is 0 Å². The first-order valence-electron chi connectivity index (χ1n) is 11.4. The SMILES string of the molecule is CCC(C)C(=O)Oc1cc2c3cc(OC)c(OC)cc3c3cc(OC)c(OC)cc3c2cc1OC. The summed E-state index contributed by atoms with van der Waals surface area (Å²) in [7, 11) is 7.98. The van der Waals surface area contributed by atoms with Gasteiger partial charge in [-0.3, -0.25) is 4.79 Å². The summed E-state index contributed by atoms with van der Waals surface area (Å²) in [6.07, 6.45) is 0.681. The van der Waals surface area contributed by atoms with Crippen molar-refractivity contribution < 1.29 is 33.2 Å². The number of esters is 1. The molecule has 7 nitrogen and oxygen atoms in total. The average Bonchev–Trinajstić information content (AvgIpc) is 2.90. The first kappa shape index (κ1) is 24.3. The molecule has 4 rings (SSSR count). The Morgan fingerprint density at radius 2 is 0.829 bits per heavy atom. The molecule has 0 amide bonds. The fourth-order valence-corrected chi connectivity index (χ4v) is 4.27. The third-order valence-corrected chi connectivity index (χ3v) is 6.45. The molecule has 4 aromatic rings. The molecule has 0 radical (unpaired) electrons. The van der Waals surface area contributed by atoms with Crippen molar-refractivity contribution in [2.24, 2.45) is 5.92 Å². The second-order valence-corrected chi connectivity index (χ2v) is 8.28. The fourth-order valence-electron chi connectivity index (χ4n) is 4.27. The van der Waals surface area contributed by atoms with E-state index >= 15 is 0 Å². The van der Waals surface area contributed by atoms with Crippen LogP contribution in [-0.4, -0.2) is 41.5 Å². The smallest absolute Gasteiger partial charge is 0.314 e. The van der Waals surface area contributed by atoms with Crippen molar-refractivity contribution in [2.45, 2.75) is 20.3 Å². The number of rotatable bonds is 8. The quantitative estimate of drug-likeness (QED) is 0.171. The van der Waals surface area contributed by atoms with Crippen molar-refractivity contribution in [1.82, 2.24) is 0 Å². The highest BCUT2D eigenvalue weighted by atomic mass is 16.6. The number of ether oxygens (including phenoxy) is 6. The Hall–Kier alpha value is -3.87. The summed E-state index contributed by atoms with van der Waals surface area (Å²) < 4.78 is 33.8. The molecule has 0 aliphatic heterocycles. The molecule has 0 aromatic heterocycles. The van der Waals surface area contributed by atoms with Gasteiger partial charge in [-0.25, -0.2) is 0 Å². The minimum atomic E-state index is -0.305. The van der Waals surface area contributed by atoms with Gasteiger partial charge in [-0.2, -0.15) is 0 Å². The zero-order valence-corrected chi connectivity index (χ0v) is 21.1. The lowest BCUT2D eigenvalue weighted by Crippen LogP contribution is -2.17. The van der Waals surface area contributed by atoms with Crippen molar-refractivity contribution >= 4 is 38.3 Å². The lowest BCUT2D eigenvalue weighted by atomic mass is 9.93. The van der Waals surface area contributed by atoms with Gasteiger partial charge in [0.15, 0.2) is 34.5 Å². The molecular weight excluding hydrogens is 448 g/mol. The van der Waals surface area contributed by atoms with Crippen LogP contribution in [0, 0.1) is 5.92 Å². The molecule has 0 saturated carbocycles.